The minimum Gasteiger partial charge on any atom is -0.494 e. The second-order valence-corrected chi connectivity index (χ2v) is 13.6. The summed E-state index contributed by atoms with van der Waals surface area (Å²) in [4.78, 5) is 17.1. The quantitative estimate of drug-likeness (QED) is 0.234. The van der Waals surface area contributed by atoms with E-state index in [0.717, 1.165) is 75.4 Å². The lowest BCUT2D eigenvalue weighted by molar-refractivity contribution is 0.0747. The van der Waals surface area contributed by atoms with Gasteiger partial charge in [0, 0.05) is 75.3 Å². The summed E-state index contributed by atoms with van der Waals surface area (Å²) in [7, 11) is -1.80. The van der Waals surface area contributed by atoms with Crippen LogP contribution in [0, 0.1) is 0 Å². The van der Waals surface area contributed by atoms with Gasteiger partial charge in [0.2, 0.25) is 5.95 Å². The summed E-state index contributed by atoms with van der Waals surface area (Å²) in [6.45, 7) is 7.15. The summed E-state index contributed by atoms with van der Waals surface area (Å²) in [6.07, 6.45) is 3.43. The molecule has 0 bridgehead atoms. The van der Waals surface area contributed by atoms with Crippen LogP contribution in [0.25, 0.3) is 10.9 Å². The van der Waals surface area contributed by atoms with Crippen LogP contribution in [0.5, 0.6) is 5.75 Å². The van der Waals surface area contributed by atoms with Gasteiger partial charge in [0.15, 0.2) is 9.84 Å². The Hall–Kier alpha value is -3.97. The topological polar surface area (TPSA) is 123 Å². The van der Waals surface area contributed by atoms with Gasteiger partial charge in [-0.3, -0.25) is 9.80 Å². The number of benzene rings is 3. The number of sulfone groups is 1. The van der Waals surface area contributed by atoms with Gasteiger partial charge in [-0.25, -0.2) is 13.4 Å². The van der Waals surface area contributed by atoms with Gasteiger partial charge in [0.25, 0.3) is 0 Å². The number of piperazine rings is 1. The van der Waals surface area contributed by atoms with Gasteiger partial charge in [0.05, 0.1) is 35.5 Å². The van der Waals surface area contributed by atoms with E-state index in [2.05, 4.69) is 37.5 Å². The van der Waals surface area contributed by atoms with Crippen LogP contribution >= 0.6 is 0 Å². The predicted molar refractivity (Wildman–Crippen MR) is 179 cm³/mol. The molecule has 45 heavy (non-hydrogen) atoms. The highest BCUT2D eigenvalue weighted by molar-refractivity contribution is 7.90. The van der Waals surface area contributed by atoms with E-state index in [1.807, 2.05) is 30.3 Å². The van der Waals surface area contributed by atoms with Crippen LogP contribution < -0.4 is 20.3 Å². The number of rotatable bonds is 10. The molecule has 0 saturated carbocycles. The number of nitrogens with zero attached hydrogens (tertiary/aromatic N) is 5. The van der Waals surface area contributed by atoms with Crippen molar-refractivity contribution in [3.05, 3.63) is 66.7 Å². The number of anilines is 5. The number of aliphatic hydroxyl groups excluding tert-OH is 1. The van der Waals surface area contributed by atoms with Crippen molar-refractivity contribution in [3.8, 4) is 5.75 Å². The molecular weight excluding hydrogens is 590 g/mol. The molecule has 238 valence electrons. The molecule has 2 aliphatic heterocycles. The third kappa shape index (κ3) is 7.14. The zero-order chi connectivity index (χ0) is 31.4. The molecule has 0 radical (unpaired) electrons. The van der Waals surface area contributed by atoms with Gasteiger partial charge in [0.1, 0.15) is 11.6 Å². The molecular formula is C33H41N7O4S. The second kappa shape index (κ2) is 13.6. The zero-order valence-corrected chi connectivity index (χ0v) is 26.6. The summed E-state index contributed by atoms with van der Waals surface area (Å²) in [5, 5.41) is 16.6. The standard InChI is InChI=1S/C33H41N7O4S/c1-44-30-23-25(39-15-13-24(14-16-39)40-19-17-38(18-20-40)21-22-41)11-12-28(30)36-33-35-27-8-4-3-7-26(27)32(37-33)34-29-9-5-6-10-31(29)45(2,42)43/h3-12,23-24,41H,13-22H2,1-2H3,(H2,34,35,36,37). The van der Waals surface area contributed by atoms with Crippen molar-refractivity contribution in [1.82, 2.24) is 19.8 Å². The smallest absolute Gasteiger partial charge is 0.229 e. The molecule has 0 unspecified atom stereocenters. The van der Waals surface area contributed by atoms with Crippen molar-refractivity contribution in [2.45, 2.75) is 23.8 Å². The van der Waals surface area contributed by atoms with Crippen molar-refractivity contribution >= 4 is 49.6 Å². The first-order valence-electron chi connectivity index (χ1n) is 15.4. The Kier molecular flexibility index (Phi) is 9.36. The highest BCUT2D eigenvalue weighted by Gasteiger charge is 2.28. The molecule has 0 spiro atoms. The Labute approximate surface area is 264 Å². The average molecular weight is 632 g/mol. The Morgan fingerprint density at radius 2 is 1.62 bits per heavy atom. The van der Waals surface area contributed by atoms with Crippen LogP contribution in [0.3, 0.4) is 0 Å². The lowest BCUT2D eigenvalue weighted by atomic mass is 10.0. The summed E-state index contributed by atoms with van der Waals surface area (Å²) < 4.78 is 30.7. The minimum atomic E-state index is -3.45. The lowest BCUT2D eigenvalue weighted by Gasteiger charge is -2.43. The number of hydrogen-bond acceptors (Lipinski definition) is 11. The number of aliphatic hydroxyl groups is 1. The summed E-state index contributed by atoms with van der Waals surface area (Å²) in [5.41, 5.74) is 3.00. The van der Waals surface area contributed by atoms with Crippen molar-refractivity contribution in [2.75, 3.05) is 81.3 Å². The number of para-hydroxylation sites is 2. The van der Waals surface area contributed by atoms with Gasteiger partial charge < -0.3 is 25.4 Å². The Bertz CT molecular complexity index is 1740. The highest BCUT2D eigenvalue weighted by Crippen LogP contribution is 2.35. The number of hydrogen-bond donors (Lipinski definition) is 3. The van der Waals surface area contributed by atoms with Crippen molar-refractivity contribution in [1.29, 1.82) is 0 Å². The summed E-state index contributed by atoms with van der Waals surface area (Å²) >= 11 is 0. The van der Waals surface area contributed by atoms with E-state index in [9.17, 15) is 13.5 Å². The number of nitrogens with one attached hydrogen (secondary N) is 2. The molecule has 6 rings (SSSR count). The van der Waals surface area contributed by atoms with Crippen molar-refractivity contribution < 1.29 is 18.3 Å². The molecule has 0 amide bonds. The molecule has 4 aromatic rings. The van der Waals surface area contributed by atoms with Crippen LogP contribution in [-0.4, -0.2) is 105 Å². The van der Waals surface area contributed by atoms with Crippen LogP contribution in [-0.2, 0) is 9.84 Å². The molecule has 0 aliphatic carbocycles. The van der Waals surface area contributed by atoms with Crippen LogP contribution in [0.15, 0.2) is 71.6 Å². The van der Waals surface area contributed by atoms with E-state index in [1.165, 1.54) is 6.26 Å². The second-order valence-electron chi connectivity index (χ2n) is 11.6. The van der Waals surface area contributed by atoms with Gasteiger partial charge in [-0.1, -0.05) is 24.3 Å². The van der Waals surface area contributed by atoms with E-state index in [-0.39, 0.29) is 11.5 Å². The monoisotopic (exact) mass is 631 g/mol. The molecule has 1 aromatic heterocycles. The van der Waals surface area contributed by atoms with Gasteiger partial charge in [-0.2, -0.15) is 4.98 Å². The molecule has 2 fully saturated rings. The number of piperidine rings is 1. The largest absolute Gasteiger partial charge is 0.494 e. The fourth-order valence-electron chi connectivity index (χ4n) is 6.33. The highest BCUT2D eigenvalue weighted by atomic mass is 32.2. The Morgan fingerprint density at radius 1 is 0.889 bits per heavy atom. The number of aromatic nitrogens is 2. The molecule has 3 heterocycles. The molecule has 3 N–H and O–H groups in total. The molecule has 2 aliphatic rings. The third-order valence-electron chi connectivity index (χ3n) is 8.74. The maximum Gasteiger partial charge on any atom is 0.229 e. The van der Waals surface area contributed by atoms with E-state index < -0.39 is 9.84 Å². The Balaban J connectivity index is 1.18. The molecule has 0 atom stereocenters. The number of β-amino-alcohol motifs (C(OH)–C–C–N with tert-alkyl or cyclic N) is 1. The van der Waals surface area contributed by atoms with Gasteiger partial charge in [-0.05, 0) is 49.2 Å². The SMILES string of the molecule is COc1cc(N2CCC(N3CCN(CCO)CC3)CC2)ccc1Nc1nc(Nc2ccccc2S(C)(=O)=O)c2ccccc2n1. The number of methoxy groups -OCH3 is 1. The molecule has 11 nitrogen and oxygen atoms in total. The van der Waals surface area contributed by atoms with Crippen LogP contribution in [0.4, 0.5) is 28.8 Å². The number of ether oxygens (including phenoxy) is 1. The lowest BCUT2D eigenvalue weighted by Crippen LogP contribution is -2.53. The van der Waals surface area contributed by atoms with E-state index in [0.29, 0.717) is 34.8 Å². The van der Waals surface area contributed by atoms with Gasteiger partial charge in [-0.15, -0.1) is 0 Å². The Morgan fingerprint density at radius 3 is 2.36 bits per heavy atom. The van der Waals surface area contributed by atoms with E-state index in [4.69, 9.17) is 14.7 Å². The average Bonchev–Trinajstić information content (AvgIpc) is 3.05. The third-order valence-corrected chi connectivity index (χ3v) is 9.90. The van der Waals surface area contributed by atoms with E-state index >= 15 is 0 Å². The maximum atomic E-state index is 12.4. The molecule has 2 saturated heterocycles. The predicted octanol–water partition coefficient (Wildman–Crippen LogP) is 4.11. The molecule has 3 aromatic carbocycles. The minimum absolute atomic E-state index is 0.198. The summed E-state index contributed by atoms with van der Waals surface area (Å²) in [6, 6.07) is 21.1. The van der Waals surface area contributed by atoms with Crippen LogP contribution in [0.2, 0.25) is 0 Å². The fraction of sp³-hybridized carbons (Fsp3) is 0.394. The normalized spacial score (nSPS) is 17.0. The van der Waals surface area contributed by atoms with Crippen LogP contribution in [0.1, 0.15) is 12.8 Å². The zero-order valence-electron chi connectivity index (χ0n) is 25.8. The number of fused-ring (bicyclic) bond motifs is 1. The first-order valence-corrected chi connectivity index (χ1v) is 17.3. The first-order chi connectivity index (χ1) is 21.8. The van der Waals surface area contributed by atoms with E-state index in [1.54, 1.807) is 31.4 Å². The first kappa shape index (κ1) is 31.0. The van der Waals surface area contributed by atoms with Crippen molar-refractivity contribution in [2.24, 2.45) is 0 Å². The molecule has 12 heteroatoms. The maximum absolute atomic E-state index is 12.4. The van der Waals surface area contributed by atoms with Gasteiger partial charge >= 0.3 is 0 Å². The summed E-state index contributed by atoms with van der Waals surface area (Å²) in [5.74, 6) is 1.54. The van der Waals surface area contributed by atoms with Crippen molar-refractivity contribution in [3.63, 3.8) is 0 Å². The fourth-order valence-corrected chi connectivity index (χ4v) is 7.18.